The lowest BCUT2D eigenvalue weighted by atomic mass is 9.62. The molecule has 3 N–H and O–H groups in total. The Morgan fingerprint density at radius 2 is 1.33 bits per heavy atom. The molecule has 39 heavy (non-hydrogen) atoms. The molecule has 5 nitrogen and oxygen atoms in total. The van der Waals surface area contributed by atoms with Gasteiger partial charge in [-0.15, -0.1) is 0 Å². The average molecular weight is 547 g/mol. The molecule has 0 aromatic heterocycles. The van der Waals surface area contributed by atoms with Gasteiger partial charge >= 0.3 is 0 Å². The van der Waals surface area contributed by atoms with Gasteiger partial charge in [-0.2, -0.15) is 0 Å². The fraction of sp³-hybridized carbons (Fsp3) is 0.394. The standard InChI is InChI=1S/C33H42O5Si/c1-31(2,3)39(27-16-10-6-11-17-27,28-18-12-7-13-19-28)38-25-32(4)29(22-34)33(36,24-35)21-20-30(32)37-23-26-14-8-5-9-15-26/h5-21,29-30,34-36H,22-25H2,1-4H3/t29-,30-,32-,33+/m0/s1. The summed E-state index contributed by atoms with van der Waals surface area (Å²) in [5.41, 5.74) is -1.40. The van der Waals surface area contributed by atoms with Gasteiger partial charge < -0.3 is 24.5 Å². The van der Waals surface area contributed by atoms with Crippen molar-refractivity contribution in [3.63, 3.8) is 0 Å². The smallest absolute Gasteiger partial charge is 0.261 e. The van der Waals surface area contributed by atoms with E-state index in [0.717, 1.165) is 15.9 Å². The summed E-state index contributed by atoms with van der Waals surface area (Å²) in [5.74, 6) is -0.709. The molecule has 0 spiro atoms. The summed E-state index contributed by atoms with van der Waals surface area (Å²) in [7, 11) is -2.90. The minimum Gasteiger partial charge on any atom is -0.407 e. The quantitative estimate of drug-likeness (QED) is 0.264. The Morgan fingerprint density at radius 3 is 1.79 bits per heavy atom. The van der Waals surface area contributed by atoms with Crippen LogP contribution in [0.15, 0.2) is 103 Å². The van der Waals surface area contributed by atoms with Crippen molar-refractivity contribution in [2.75, 3.05) is 19.8 Å². The Labute approximate surface area is 233 Å². The lowest BCUT2D eigenvalue weighted by molar-refractivity contribution is -0.155. The maximum atomic E-state index is 11.4. The van der Waals surface area contributed by atoms with Gasteiger partial charge in [0.05, 0.1) is 19.3 Å². The number of benzene rings is 3. The predicted octanol–water partition coefficient (Wildman–Crippen LogP) is 4.06. The molecule has 1 aliphatic carbocycles. The molecule has 0 heterocycles. The lowest BCUT2D eigenvalue weighted by Crippen LogP contribution is -2.68. The summed E-state index contributed by atoms with van der Waals surface area (Å²) in [6.07, 6.45) is 2.94. The molecule has 4 atom stereocenters. The predicted molar refractivity (Wildman–Crippen MR) is 158 cm³/mol. The van der Waals surface area contributed by atoms with Gasteiger partial charge in [0.1, 0.15) is 5.60 Å². The molecule has 3 aromatic carbocycles. The Hall–Kier alpha value is -2.58. The highest BCUT2D eigenvalue weighted by Crippen LogP contribution is 2.47. The van der Waals surface area contributed by atoms with E-state index in [-0.39, 0.29) is 18.3 Å². The number of hydrogen-bond donors (Lipinski definition) is 3. The van der Waals surface area contributed by atoms with Crippen LogP contribution < -0.4 is 10.4 Å². The van der Waals surface area contributed by atoms with Crippen LogP contribution in [-0.4, -0.2) is 55.2 Å². The fourth-order valence-electron chi connectivity index (χ4n) is 6.10. The summed E-state index contributed by atoms with van der Waals surface area (Å²) in [5, 5.41) is 34.3. The first kappa shape index (κ1) is 29.4. The highest BCUT2D eigenvalue weighted by molar-refractivity contribution is 6.99. The molecule has 0 bridgehead atoms. The summed E-state index contributed by atoms with van der Waals surface area (Å²) < 4.78 is 13.7. The first-order chi connectivity index (χ1) is 18.6. The normalized spacial score (nSPS) is 25.5. The zero-order valence-electron chi connectivity index (χ0n) is 23.5. The molecular formula is C33H42O5Si. The molecule has 0 amide bonds. The second-order valence-corrected chi connectivity index (χ2v) is 16.2. The van der Waals surface area contributed by atoms with Gasteiger partial charge in [-0.25, -0.2) is 0 Å². The maximum Gasteiger partial charge on any atom is 0.261 e. The molecule has 0 saturated heterocycles. The fourth-order valence-corrected chi connectivity index (χ4v) is 10.8. The molecule has 0 unspecified atom stereocenters. The molecule has 4 rings (SSSR count). The number of ether oxygens (including phenoxy) is 1. The van der Waals surface area contributed by atoms with Crippen LogP contribution in [0.3, 0.4) is 0 Å². The molecule has 1 aliphatic rings. The maximum absolute atomic E-state index is 11.4. The first-order valence-electron chi connectivity index (χ1n) is 13.6. The third kappa shape index (κ3) is 5.68. The molecule has 3 aromatic rings. The SMILES string of the molecule is CC(C)(C)[Si](OC[C@]1(C)[C@@H](OCc2ccccc2)C=C[C@@](O)(CO)[C@H]1CO)(c1ccccc1)c1ccccc1. The van der Waals surface area contributed by atoms with Crippen molar-refractivity contribution in [2.24, 2.45) is 11.3 Å². The summed E-state index contributed by atoms with van der Waals surface area (Å²) in [6.45, 7) is 8.42. The third-order valence-corrected chi connectivity index (χ3v) is 13.3. The minimum absolute atomic E-state index is 0.220. The van der Waals surface area contributed by atoms with Crippen LogP contribution in [0.2, 0.25) is 5.04 Å². The number of aliphatic hydroxyl groups excluding tert-OH is 2. The van der Waals surface area contributed by atoms with Crippen LogP contribution in [-0.2, 0) is 15.8 Å². The van der Waals surface area contributed by atoms with E-state index in [2.05, 4.69) is 45.0 Å². The van der Waals surface area contributed by atoms with E-state index in [4.69, 9.17) is 9.16 Å². The topological polar surface area (TPSA) is 79.2 Å². The van der Waals surface area contributed by atoms with E-state index in [0.29, 0.717) is 6.61 Å². The van der Waals surface area contributed by atoms with Gasteiger partial charge in [-0.05, 0) is 21.0 Å². The summed E-state index contributed by atoms with van der Waals surface area (Å²) in [4.78, 5) is 0. The van der Waals surface area contributed by atoms with E-state index in [1.807, 2.05) is 79.7 Å². The molecule has 208 valence electrons. The Kier molecular flexibility index (Phi) is 8.96. The molecule has 0 radical (unpaired) electrons. The van der Waals surface area contributed by atoms with Crippen LogP contribution in [0.1, 0.15) is 33.3 Å². The molecule has 6 heteroatoms. The van der Waals surface area contributed by atoms with Crippen LogP contribution in [0.5, 0.6) is 0 Å². The van der Waals surface area contributed by atoms with E-state index in [1.54, 1.807) is 6.08 Å². The summed E-state index contributed by atoms with van der Waals surface area (Å²) >= 11 is 0. The summed E-state index contributed by atoms with van der Waals surface area (Å²) in [6, 6.07) is 30.7. The highest BCUT2D eigenvalue weighted by Gasteiger charge is 2.56. The van der Waals surface area contributed by atoms with Crippen LogP contribution >= 0.6 is 0 Å². The molecule has 0 aliphatic heterocycles. The second-order valence-electron chi connectivity index (χ2n) is 11.9. The van der Waals surface area contributed by atoms with Crippen LogP contribution in [0, 0.1) is 11.3 Å². The molecule has 0 fully saturated rings. The van der Waals surface area contributed by atoms with Gasteiger partial charge in [-0.3, -0.25) is 0 Å². The Balaban J connectivity index is 1.79. The Bertz CT molecular complexity index is 1170. The van der Waals surface area contributed by atoms with Crippen molar-refractivity contribution in [1.29, 1.82) is 0 Å². The first-order valence-corrected chi connectivity index (χ1v) is 15.6. The van der Waals surface area contributed by atoms with Crippen molar-refractivity contribution in [1.82, 2.24) is 0 Å². The number of hydrogen-bond acceptors (Lipinski definition) is 5. The van der Waals surface area contributed by atoms with E-state index in [9.17, 15) is 15.3 Å². The average Bonchev–Trinajstić information content (AvgIpc) is 2.94. The van der Waals surface area contributed by atoms with Crippen molar-refractivity contribution >= 4 is 18.7 Å². The van der Waals surface area contributed by atoms with E-state index in [1.165, 1.54) is 0 Å². The monoisotopic (exact) mass is 546 g/mol. The van der Waals surface area contributed by atoms with Gasteiger partial charge in [0.2, 0.25) is 0 Å². The third-order valence-electron chi connectivity index (χ3n) is 8.33. The highest BCUT2D eigenvalue weighted by atomic mass is 28.4. The van der Waals surface area contributed by atoms with Crippen LogP contribution in [0.4, 0.5) is 0 Å². The van der Waals surface area contributed by atoms with Gasteiger partial charge in [-0.1, -0.05) is 131 Å². The van der Waals surface area contributed by atoms with Crippen molar-refractivity contribution in [3.05, 3.63) is 109 Å². The van der Waals surface area contributed by atoms with Gasteiger partial charge in [0.15, 0.2) is 0 Å². The minimum atomic E-state index is -2.90. The zero-order valence-corrected chi connectivity index (χ0v) is 24.5. The van der Waals surface area contributed by atoms with E-state index >= 15 is 0 Å². The molecular weight excluding hydrogens is 504 g/mol. The van der Waals surface area contributed by atoms with Gasteiger partial charge in [0.25, 0.3) is 8.32 Å². The Morgan fingerprint density at radius 1 is 0.821 bits per heavy atom. The van der Waals surface area contributed by atoms with Gasteiger partial charge in [0, 0.05) is 24.5 Å². The zero-order chi connectivity index (χ0) is 28.2. The number of aliphatic hydroxyl groups is 3. The number of rotatable bonds is 10. The largest absolute Gasteiger partial charge is 0.407 e. The van der Waals surface area contributed by atoms with Crippen LogP contribution in [0.25, 0.3) is 0 Å². The van der Waals surface area contributed by atoms with E-state index < -0.39 is 38.0 Å². The van der Waals surface area contributed by atoms with Crippen molar-refractivity contribution in [2.45, 2.75) is 51.0 Å². The van der Waals surface area contributed by atoms with Crippen molar-refractivity contribution in [3.8, 4) is 0 Å². The second kappa shape index (κ2) is 11.9. The lowest BCUT2D eigenvalue weighted by Gasteiger charge is -2.52. The molecule has 0 saturated carbocycles. The van der Waals surface area contributed by atoms with Crippen molar-refractivity contribution < 1.29 is 24.5 Å².